The van der Waals surface area contributed by atoms with Crippen LogP contribution in [0.2, 0.25) is 5.15 Å². The second-order valence-electron chi connectivity index (χ2n) is 3.71. The average molecular weight is 282 g/mol. The average Bonchev–Trinajstić information content (AvgIpc) is 2.39. The number of rotatable bonds is 3. The Morgan fingerprint density at radius 2 is 2.16 bits per heavy atom. The zero-order valence-corrected chi connectivity index (χ0v) is 10.6. The molecular formula is C13H9ClFNO3. The second kappa shape index (κ2) is 5.24. The summed E-state index contributed by atoms with van der Waals surface area (Å²) >= 11 is 5.66. The standard InChI is InChI=1S/C13H9ClFNO3/c1-19-8-2-3-9(11(15)5-8)7-4-10(13(17)18)12(14)16-6-7/h2-6H,1H3,(H,17,18). The van der Waals surface area contributed by atoms with Crippen molar-refractivity contribution in [2.24, 2.45) is 0 Å². The molecule has 4 nitrogen and oxygen atoms in total. The summed E-state index contributed by atoms with van der Waals surface area (Å²) in [5, 5.41) is 8.82. The first-order chi connectivity index (χ1) is 9.02. The smallest absolute Gasteiger partial charge is 0.338 e. The number of carbonyl (C=O) groups is 1. The van der Waals surface area contributed by atoms with Gasteiger partial charge in [0.15, 0.2) is 0 Å². The molecule has 2 rings (SSSR count). The molecule has 2 aromatic rings. The molecule has 0 unspecified atom stereocenters. The van der Waals surface area contributed by atoms with E-state index in [2.05, 4.69) is 4.98 Å². The fourth-order valence-corrected chi connectivity index (χ4v) is 1.79. The van der Waals surface area contributed by atoms with Crippen LogP contribution in [0.5, 0.6) is 5.75 Å². The lowest BCUT2D eigenvalue weighted by molar-refractivity contribution is 0.0696. The zero-order valence-electron chi connectivity index (χ0n) is 9.85. The molecule has 0 spiro atoms. The van der Waals surface area contributed by atoms with Crippen LogP contribution < -0.4 is 4.74 Å². The minimum absolute atomic E-state index is 0.134. The van der Waals surface area contributed by atoms with Gasteiger partial charge < -0.3 is 9.84 Å². The highest BCUT2D eigenvalue weighted by molar-refractivity contribution is 6.32. The highest BCUT2D eigenvalue weighted by Gasteiger charge is 2.14. The molecule has 1 N–H and O–H groups in total. The van der Waals surface area contributed by atoms with E-state index in [-0.39, 0.29) is 16.3 Å². The Hall–Kier alpha value is -2.14. The number of nitrogens with zero attached hydrogens (tertiary/aromatic N) is 1. The molecule has 19 heavy (non-hydrogen) atoms. The molecule has 0 aliphatic heterocycles. The third-order valence-corrected chi connectivity index (χ3v) is 2.86. The first-order valence-corrected chi connectivity index (χ1v) is 5.63. The van der Waals surface area contributed by atoms with Gasteiger partial charge in [-0.3, -0.25) is 0 Å². The molecule has 0 saturated carbocycles. The number of halogens is 2. The molecule has 0 fully saturated rings. The van der Waals surface area contributed by atoms with Gasteiger partial charge in [-0.1, -0.05) is 11.6 Å². The lowest BCUT2D eigenvalue weighted by atomic mass is 10.1. The fourth-order valence-electron chi connectivity index (χ4n) is 1.60. The Balaban J connectivity index is 2.53. The molecule has 98 valence electrons. The highest BCUT2D eigenvalue weighted by Crippen LogP contribution is 2.28. The number of hydrogen-bond acceptors (Lipinski definition) is 3. The van der Waals surface area contributed by atoms with E-state index in [1.807, 2.05) is 0 Å². The monoisotopic (exact) mass is 281 g/mol. The summed E-state index contributed by atoms with van der Waals surface area (Å²) in [7, 11) is 1.43. The van der Waals surface area contributed by atoms with Gasteiger partial charge in [-0.05, 0) is 18.2 Å². The zero-order chi connectivity index (χ0) is 14.0. The molecule has 0 aliphatic carbocycles. The van der Waals surface area contributed by atoms with Gasteiger partial charge in [-0.2, -0.15) is 0 Å². The van der Waals surface area contributed by atoms with Crippen molar-refractivity contribution in [1.29, 1.82) is 0 Å². The van der Waals surface area contributed by atoms with Crippen LogP contribution in [0.4, 0.5) is 4.39 Å². The van der Waals surface area contributed by atoms with Crippen LogP contribution in [0.3, 0.4) is 0 Å². The molecule has 1 heterocycles. The largest absolute Gasteiger partial charge is 0.497 e. The Kier molecular flexibility index (Phi) is 3.66. The van der Waals surface area contributed by atoms with Crippen LogP contribution in [0.1, 0.15) is 10.4 Å². The van der Waals surface area contributed by atoms with Crippen LogP contribution in [-0.4, -0.2) is 23.2 Å². The number of aromatic carboxylic acids is 1. The summed E-state index contributed by atoms with van der Waals surface area (Å²) in [6.07, 6.45) is 1.32. The van der Waals surface area contributed by atoms with Crippen molar-refractivity contribution in [2.75, 3.05) is 7.11 Å². The maximum Gasteiger partial charge on any atom is 0.338 e. The van der Waals surface area contributed by atoms with Gasteiger partial charge in [-0.25, -0.2) is 14.2 Å². The van der Waals surface area contributed by atoms with Crippen molar-refractivity contribution in [3.05, 3.63) is 47.0 Å². The van der Waals surface area contributed by atoms with Crippen molar-refractivity contribution < 1.29 is 19.0 Å². The van der Waals surface area contributed by atoms with Crippen LogP contribution >= 0.6 is 11.6 Å². The lowest BCUT2D eigenvalue weighted by Crippen LogP contribution is -2.00. The maximum atomic E-state index is 13.9. The van der Waals surface area contributed by atoms with Gasteiger partial charge >= 0.3 is 5.97 Å². The van der Waals surface area contributed by atoms with Crippen molar-refractivity contribution in [3.63, 3.8) is 0 Å². The molecule has 6 heteroatoms. The van der Waals surface area contributed by atoms with Gasteiger partial charge in [0.05, 0.1) is 12.7 Å². The summed E-state index contributed by atoms with van der Waals surface area (Å²) in [6.45, 7) is 0. The van der Waals surface area contributed by atoms with Gasteiger partial charge in [0, 0.05) is 23.4 Å². The van der Waals surface area contributed by atoms with Crippen molar-refractivity contribution in [3.8, 4) is 16.9 Å². The Morgan fingerprint density at radius 3 is 2.74 bits per heavy atom. The van der Waals surface area contributed by atoms with E-state index in [1.54, 1.807) is 6.07 Å². The summed E-state index contributed by atoms with van der Waals surface area (Å²) < 4.78 is 18.8. The summed E-state index contributed by atoms with van der Waals surface area (Å²) in [6, 6.07) is 5.56. The van der Waals surface area contributed by atoms with Crippen LogP contribution in [0.25, 0.3) is 11.1 Å². The minimum atomic E-state index is -1.21. The number of ether oxygens (including phenoxy) is 1. The molecular weight excluding hydrogens is 273 g/mol. The predicted molar refractivity (Wildman–Crippen MR) is 68.2 cm³/mol. The van der Waals surface area contributed by atoms with Gasteiger partial charge in [0.2, 0.25) is 0 Å². The number of pyridine rings is 1. The summed E-state index contributed by atoms with van der Waals surface area (Å²) in [4.78, 5) is 14.7. The first-order valence-electron chi connectivity index (χ1n) is 5.25. The van der Waals surface area contributed by atoms with Crippen molar-refractivity contribution in [2.45, 2.75) is 0 Å². The molecule has 0 atom stereocenters. The maximum absolute atomic E-state index is 13.9. The van der Waals surface area contributed by atoms with Crippen LogP contribution in [0, 0.1) is 5.82 Å². The molecule has 0 amide bonds. The fraction of sp³-hybridized carbons (Fsp3) is 0.0769. The van der Waals surface area contributed by atoms with E-state index >= 15 is 0 Å². The second-order valence-corrected chi connectivity index (χ2v) is 4.07. The quantitative estimate of drug-likeness (QED) is 0.878. The number of aromatic nitrogens is 1. The van der Waals surface area contributed by atoms with Crippen LogP contribution in [-0.2, 0) is 0 Å². The van der Waals surface area contributed by atoms with Gasteiger partial charge in [-0.15, -0.1) is 0 Å². The highest BCUT2D eigenvalue weighted by atomic mass is 35.5. The number of carboxylic acid groups (broad SMARTS) is 1. The van der Waals surface area contributed by atoms with E-state index in [4.69, 9.17) is 21.4 Å². The van der Waals surface area contributed by atoms with E-state index in [9.17, 15) is 9.18 Å². The number of hydrogen-bond donors (Lipinski definition) is 1. The molecule has 0 radical (unpaired) electrons. The van der Waals surface area contributed by atoms with Crippen molar-refractivity contribution >= 4 is 17.6 Å². The third kappa shape index (κ3) is 2.66. The number of benzene rings is 1. The summed E-state index contributed by atoms with van der Waals surface area (Å²) in [5.41, 5.74) is 0.392. The summed E-state index contributed by atoms with van der Waals surface area (Å²) in [5.74, 6) is -1.37. The van der Waals surface area contributed by atoms with Gasteiger partial charge in [0.1, 0.15) is 16.7 Å². The predicted octanol–water partition coefficient (Wildman–Crippen LogP) is 3.25. The molecule has 0 bridgehead atoms. The Labute approximate surface area is 113 Å². The third-order valence-electron chi connectivity index (χ3n) is 2.56. The molecule has 1 aromatic carbocycles. The van der Waals surface area contributed by atoms with E-state index < -0.39 is 11.8 Å². The van der Waals surface area contributed by atoms with Crippen LogP contribution in [0.15, 0.2) is 30.5 Å². The molecule has 0 aliphatic rings. The van der Waals surface area contributed by atoms with E-state index in [1.165, 1.54) is 31.5 Å². The number of carboxylic acids is 1. The van der Waals surface area contributed by atoms with Gasteiger partial charge in [0.25, 0.3) is 0 Å². The Bertz CT molecular complexity index is 646. The SMILES string of the molecule is COc1ccc(-c2cnc(Cl)c(C(=O)O)c2)c(F)c1. The minimum Gasteiger partial charge on any atom is -0.497 e. The van der Waals surface area contributed by atoms with E-state index in [0.29, 0.717) is 11.3 Å². The first kappa shape index (κ1) is 13.3. The normalized spacial score (nSPS) is 10.3. The van der Waals surface area contributed by atoms with E-state index in [0.717, 1.165) is 0 Å². The van der Waals surface area contributed by atoms with Crippen molar-refractivity contribution in [1.82, 2.24) is 4.98 Å². The number of methoxy groups -OCH3 is 1. The topological polar surface area (TPSA) is 59.4 Å². The Morgan fingerprint density at radius 1 is 1.42 bits per heavy atom. The molecule has 1 aromatic heterocycles. The molecule has 0 saturated heterocycles. The lowest BCUT2D eigenvalue weighted by Gasteiger charge is -2.07.